The summed E-state index contributed by atoms with van der Waals surface area (Å²) in [5.41, 5.74) is 7.47. The standard InChI is InChI=1S/C32H32N4/c1-34-30-18-17-25(23-29(30)33-32(34)28-15-9-4-10-16-28)24-35-19-21-36(22-20-35)31(26-11-5-2-6-12-26)27-13-7-3-8-14-27/h2-18,23,31H,19-22,24H2,1H3. The highest BCUT2D eigenvalue weighted by Gasteiger charge is 2.26. The second-order valence-electron chi connectivity index (χ2n) is 9.72. The molecule has 1 aliphatic heterocycles. The molecule has 0 N–H and O–H groups in total. The summed E-state index contributed by atoms with van der Waals surface area (Å²) < 4.78 is 2.19. The molecule has 6 rings (SSSR count). The van der Waals surface area contributed by atoms with E-state index in [1.54, 1.807) is 0 Å². The molecule has 2 heterocycles. The number of piperazine rings is 1. The minimum absolute atomic E-state index is 0.302. The fourth-order valence-electron chi connectivity index (χ4n) is 5.51. The summed E-state index contributed by atoms with van der Waals surface area (Å²) in [6.45, 7) is 5.19. The summed E-state index contributed by atoms with van der Waals surface area (Å²) in [6.07, 6.45) is 0. The van der Waals surface area contributed by atoms with Gasteiger partial charge < -0.3 is 4.57 Å². The zero-order chi connectivity index (χ0) is 24.3. The molecule has 4 heteroatoms. The molecule has 0 aliphatic carbocycles. The van der Waals surface area contributed by atoms with Crippen molar-refractivity contribution in [3.63, 3.8) is 0 Å². The van der Waals surface area contributed by atoms with E-state index >= 15 is 0 Å². The predicted molar refractivity (Wildman–Crippen MR) is 148 cm³/mol. The van der Waals surface area contributed by atoms with Crippen molar-refractivity contribution in [1.82, 2.24) is 19.4 Å². The SMILES string of the molecule is Cn1c(-c2ccccc2)nc2cc(CN3CCN(C(c4ccccc4)c4ccccc4)CC3)ccc21. The molecular formula is C32H32N4. The molecule has 0 spiro atoms. The molecule has 0 radical (unpaired) electrons. The Morgan fingerprint density at radius 3 is 1.89 bits per heavy atom. The van der Waals surface area contributed by atoms with Gasteiger partial charge in [-0.2, -0.15) is 0 Å². The molecule has 36 heavy (non-hydrogen) atoms. The van der Waals surface area contributed by atoms with Crippen molar-refractivity contribution in [3.8, 4) is 11.4 Å². The van der Waals surface area contributed by atoms with Gasteiger partial charge in [0.25, 0.3) is 0 Å². The van der Waals surface area contributed by atoms with Gasteiger partial charge in [-0.05, 0) is 28.8 Å². The smallest absolute Gasteiger partial charge is 0.140 e. The van der Waals surface area contributed by atoms with Crippen LogP contribution in [0.1, 0.15) is 22.7 Å². The summed E-state index contributed by atoms with van der Waals surface area (Å²) >= 11 is 0. The van der Waals surface area contributed by atoms with Crippen molar-refractivity contribution < 1.29 is 0 Å². The van der Waals surface area contributed by atoms with E-state index in [9.17, 15) is 0 Å². The summed E-state index contributed by atoms with van der Waals surface area (Å²) in [7, 11) is 2.10. The normalized spacial score (nSPS) is 15.1. The average Bonchev–Trinajstić information content (AvgIpc) is 3.27. The molecular weight excluding hydrogens is 440 g/mol. The minimum Gasteiger partial charge on any atom is -0.327 e. The number of aromatic nitrogens is 2. The largest absolute Gasteiger partial charge is 0.327 e. The number of imidazole rings is 1. The predicted octanol–water partition coefficient (Wildman–Crippen LogP) is 6.15. The van der Waals surface area contributed by atoms with Crippen LogP contribution in [0.15, 0.2) is 109 Å². The Morgan fingerprint density at radius 2 is 1.28 bits per heavy atom. The molecule has 1 aromatic heterocycles. The third kappa shape index (κ3) is 4.58. The van der Waals surface area contributed by atoms with Gasteiger partial charge in [0.15, 0.2) is 0 Å². The van der Waals surface area contributed by atoms with E-state index < -0.39 is 0 Å². The third-order valence-electron chi connectivity index (χ3n) is 7.39. The summed E-state index contributed by atoms with van der Waals surface area (Å²) in [6, 6.07) is 39.3. The summed E-state index contributed by atoms with van der Waals surface area (Å²) in [4.78, 5) is 10.2. The van der Waals surface area contributed by atoms with Gasteiger partial charge in [-0.1, -0.05) is 97.1 Å². The van der Waals surface area contributed by atoms with E-state index in [2.05, 4.69) is 125 Å². The molecule has 0 unspecified atom stereocenters. The quantitative estimate of drug-likeness (QED) is 0.296. The van der Waals surface area contributed by atoms with Gasteiger partial charge >= 0.3 is 0 Å². The minimum atomic E-state index is 0.302. The van der Waals surface area contributed by atoms with E-state index in [0.717, 1.165) is 49.6 Å². The maximum atomic E-state index is 4.97. The lowest BCUT2D eigenvalue weighted by Gasteiger charge is -2.39. The molecule has 1 aliphatic rings. The molecule has 0 saturated carbocycles. The first-order valence-electron chi connectivity index (χ1n) is 12.8. The Kier molecular flexibility index (Phi) is 6.37. The number of nitrogens with zero attached hydrogens (tertiary/aromatic N) is 4. The molecule has 1 saturated heterocycles. The van der Waals surface area contributed by atoms with Gasteiger partial charge in [0.05, 0.1) is 17.1 Å². The van der Waals surface area contributed by atoms with Gasteiger partial charge in [0.2, 0.25) is 0 Å². The Labute approximate surface area is 213 Å². The number of hydrogen-bond donors (Lipinski definition) is 0. The molecule has 0 bridgehead atoms. The van der Waals surface area contributed by atoms with Gasteiger partial charge in [0, 0.05) is 45.3 Å². The number of fused-ring (bicyclic) bond motifs is 1. The Bertz CT molecular complexity index is 1380. The van der Waals surface area contributed by atoms with E-state index in [1.165, 1.54) is 22.2 Å². The van der Waals surface area contributed by atoms with Gasteiger partial charge in [-0.25, -0.2) is 4.98 Å². The molecule has 4 nitrogen and oxygen atoms in total. The topological polar surface area (TPSA) is 24.3 Å². The van der Waals surface area contributed by atoms with Crippen LogP contribution in [0.25, 0.3) is 22.4 Å². The van der Waals surface area contributed by atoms with Crippen molar-refractivity contribution in [3.05, 3.63) is 126 Å². The van der Waals surface area contributed by atoms with Gasteiger partial charge in [-0.15, -0.1) is 0 Å². The zero-order valence-corrected chi connectivity index (χ0v) is 20.8. The van der Waals surface area contributed by atoms with Crippen LogP contribution in [0.4, 0.5) is 0 Å². The molecule has 5 aromatic rings. The highest BCUT2D eigenvalue weighted by Crippen LogP contribution is 2.30. The van der Waals surface area contributed by atoms with Crippen LogP contribution >= 0.6 is 0 Å². The second kappa shape index (κ2) is 10.1. The Hall–Kier alpha value is -3.73. The number of aryl methyl sites for hydroxylation is 1. The molecule has 4 aromatic carbocycles. The van der Waals surface area contributed by atoms with Gasteiger partial charge in [-0.3, -0.25) is 9.80 Å². The highest BCUT2D eigenvalue weighted by molar-refractivity contribution is 5.81. The number of benzene rings is 4. The van der Waals surface area contributed by atoms with E-state index in [4.69, 9.17) is 4.98 Å². The van der Waals surface area contributed by atoms with Crippen LogP contribution in [0, 0.1) is 0 Å². The van der Waals surface area contributed by atoms with Crippen LogP contribution in [0.2, 0.25) is 0 Å². The summed E-state index contributed by atoms with van der Waals surface area (Å²) in [5, 5.41) is 0. The van der Waals surface area contributed by atoms with E-state index in [-0.39, 0.29) is 0 Å². The van der Waals surface area contributed by atoms with Crippen LogP contribution in [0.5, 0.6) is 0 Å². The number of hydrogen-bond acceptors (Lipinski definition) is 3. The maximum absolute atomic E-state index is 4.97. The summed E-state index contributed by atoms with van der Waals surface area (Å²) in [5.74, 6) is 1.02. The maximum Gasteiger partial charge on any atom is 0.140 e. The van der Waals surface area contributed by atoms with Crippen molar-refractivity contribution in [2.75, 3.05) is 26.2 Å². The average molecular weight is 473 g/mol. The zero-order valence-electron chi connectivity index (χ0n) is 20.8. The van der Waals surface area contributed by atoms with Crippen LogP contribution in [-0.4, -0.2) is 45.5 Å². The first kappa shape index (κ1) is 22.7. The van der Waals surface area contributed by atoms with E-state index in [1.807, 2.05) is 6.07 Å². The van der Waals surface area contributed by atoms with Crippen molar-refractivity contribution >= 4 is 11.0 Å². The monoisotopic (exact) mass is 472 g/mol. The Balaban J connectivity index is 1.17. The van der Waals surface area contributed by atoms with Crippen LogP contribution in [0.3, 0.4) is 0 Å². The molecule has 180 valence electrons. The first-order valence-corrected chi connectivity index (χ1v) is 12.8. The lowest BCUT2D eigenvalue weighted by atomic mass is 9.96. The third-order valence-corrected chi connectivity index (χ3v) is 7.39. The lowest BCUT2D eigenvalue weighted by molar-refractivity contribution is 0.105. The van der Waals surface area contributed by atoms with Crippen molar-refractivity contribution in [2.45, 2.75) is 12.6 Å². The number of rotatable bonds is 6. The van der Waals surface area contributed by atoms with Crippen molar-refractivity contribution in [2.24, 2.45) is 7.05 Å². The fraction of sp³-hybridized carbons (Fsp3) is 0.219. The Morgan fingerprint density at radius 1 is 0.694 bits per heavy atom. The fourth-order valence-corrected chi connectivity index (χ4v) is 5.51. The van der Waals surface area contributed by atoms with Gasteiger partial charge in [0.1, 0.15) is 5.82 Å². The molecule has 1 fully saturated rings. The van der Waals surface area contributed by atoms with Crippen LogP contribution in [-0.2, 0) is 13.6 Å². The lowest BCUT2D eigenvalue weighted by Crippen LogP contribution is -2.47. The first-order chi connectivity index (χ1) is 17.8. The molecule has 0 atom stereocenters. The second-order valence-corrected chi connectivity index (χ2v) is 9.72. The molecule has 0 amide bonds. The highest BCUT2D eigenvalue weighted by atomic mass is 15.3. The van der Waals surface area contributed by atoms with E-state index in [0.29, 0.717) is 6.04 Å². The van der Waals surface area contributed by atoms with Crippen LogP contribution < -0.4 is 0 Å². The van der Waals surface area contributed by atoms with Crippen molar-refractivity contribution in [1.29, 1.82) is 0 Å².